The van der Waals surface area contributed by atoms with Crippen molar-refractivity contribution in [1.29, 1.82) is 0 Å². The Bertz CT molecular complexity index is 723. The van der Waals surface area contributed by atoms with E-state index >= 15 is 0 Å². The molecule has 1 aromatic carbocycles. The highest BCUT2D eigenvalue weighted by Gasteiger charge is 2.20. The lowest BCUT2D eigenvalue weighted by atomic mass is 10.0. The van der Waals surface area contributed by atoms with E-state index in [1.54, 1.807) is 6.07 Å². The van der Waals surface area contributed by atoms with E-state index < -0.39 is 10.0 Å². The average molecular weight is 325 g/mol. The summed E-state index contributed by atoms with van der Waals surface area (Å²) >= 11 is 5.89. The number of nitrogens with one attached hydrogen (secondary N) is 1. The SMILES string of the molecule is CCc1cccc(CC)c1NS(=O)(=O)c1cccnc1Cl. The number of hydrogen-bond donors (Lipinski definition) is 1. The number of rotatable bonds is 5. The van der Waals surface area contributed by atoms with Crippen molar-refractivity contribution in [2.45, 2.75) is 31.6 Å². The highest BCUT2D eigenvalue weighted by Crippen LogP contribution is 2.27. The highest BCUT2D eigenvalue weighted by atomic mass is 35.5. The zero-order chi connectivity index (χ0) is 15.5. The van der Waals surface area contributed by atoms with E-state index in [9.17, 15) is 8.42 Å². The molecule has 0 amide bonds. The van der Waals surface area contributed by atoms with Gasteiger partial charge in [0.1, 0.15) is 10.0 Å². The van der Waals surface area contributed by atoms with E-state index in [1.807, 2.05) is 32.0 Å². The number of sulfonamides is 1. The Morgan fingerprint density at radius 2 is 1.71 bits per heavy atom. The molecule has 112 valence electrons. The number of benzene rings is 1. The molecule has 2 aromatic rings. The Kier molecular flexibility index (Phi) is 4.85. The molecule has 2 rings (SSSR count). The molecular formula is C15H17ClN2O2S. The number of anilines is 1. The molecule has 0 atom stereocenters. The van der Waals surface area contributed by atoms with Gasteiger partial charge in [-0.3, -0.25) is 4.72 Å². The molecule has 1 heterocycles. The largest absolute Gasteiger partial charge is 0.279 e. The Hall–Kier alpha value is -1.59. The minimum atomic E-state index is -3.75. The van der Waals surface area contributed by atoms with Crippen LogP contribution in [0.25, 0.3) is 0 Å². The second kappa shape index (κ2) is 6.45. The minimum Gasteiger partial charge on any atom is -0.279 e. The molecule has 0 saturated carbocycles. The van der Waals surface area contributed by atoms with Gasteiger partial charge in [0.05, 0.1) is 5.69 Å². The molecule has 1 aromatic heterocycles. The third-order valence-corrected chi connectivity index (χ3v) is 5.04. The summed E-state index contributed by atoms with van der Waals surface area (Å²) in [4.78, 5) is 3.80. The van der Waals surface area contributed by atoms with Gasteiger partial charge < -0.3 is 0 Å². The zero-order valence-electron chi connectivity index (χ0n) is 11.9. The number of aromatic nitrogens is 1. The van der Waals surface area contributed by atoms with Gasteiger partial charge in [-0.25, -0.2) is 13.4 Å². The van der Waals surface area contributed by atoms with Gasteiger partial charge >= 0.3 is 0 Å². The van der Waals surface area contributed by atoms with Crippen LogP contribution in [0.4, 0.5) is 5.69 Å². The topological polar surface area (TPSA) is 59.1 Å². The monoisotopic (exact) mass is 324 g/mol. The van der Waals surface area contributed by atoms with Gasteiger partial charge in [-0.15, -0.1) is 0 Å². The quantitative estimate of drug-likeness (QED) is 0.854. The third-order valence-electron chi connectivity index (χ3n) is 3.25. The predicted molar refractivity (Wildman–Crippen MR) is 85.3 cm³/mol. The molecule has 0 aliphatic carbocycles. The molecule has 0 radical (unpaired) electrons. The minimum absolute atomic E-state index is 0.0142. The number of hydrogen-bond acceptors (Lipinski definition) is 3. The van der Waals surface area contributed by atoms with Crippen LogP contribution < -0.4 is 4.72 Å². The van der Waals surface area contributed by atoms with Crippen molar-refractivity contribution in [3.05, 3.63) is 52.8 Å². The van der Waals surface area contributed by atoms with E-state index in [0.29, 0.717) is 5.69 Å². The first-order chi connectivity index (χ1) is 9.99. The second-order valence-electron chi connectivity index (χ2n) is 4.56. The van der Waals surface area contributed by atoms with Crippen LogP contribution in [0.1, 0.15) is 25.0 Å². The maximum Gasteiger partial charge on any atom is 0.264 e. The van der Waals surface area contributed by atoms with Crippen LogP contribution in [0.5, 0.6) is 0 Å². The van der Waals surface area contributed by atoms with Gasteiger partial charge in [0.25, 0.3) is 10.0 Å². The number of nitrogens with zero attached hydrogens (tertiary/aromatic N) is 1. The molecule has 0 unspecified atom stereocenters. The number of halogens is 1. The second-order valence-corrected chi connectivity index (χ2v) is 6.57. The summed E-state index contributed by atoms with van der Waals surface area (Å²) in [7, 11) is -3.75. The van der Waals surface area contributed by atoms with E-state index in [4.69, 9.17) is 11.6 Å². The summed E-state index contributed by atoms with van der Waals surface area (Å²) in [5.41, 5.74) is 2.55. The van der Waals surface area contributed by atoms with Crippen molar-refractivity contribution in [1.82, 2.24) is 4.98 Å². The van der Waals surface area contributed by atoms with Gasteiger partial charge in [-0.05, 0) is 36.1 Å². The number of pyridine rings is 1. The molecule has 0 spiro atoms. The molecule has 0 aliphatic rings. The fraction of sp³-hybridized carbons (Fsp3) is 0.267. The van der Waals surface area contributed by atoms with Gasteiger partial charge in [0, 0.05) is 6.20 Å². The standard InChI is InChI=1S/C15H17ClN2O2S/c1-3-11-7-5-8-12(4-2)14(11)18-21(19,20)13-9-6-10-17-15(13)16/h5-10,18H,3-4H2,1-2H3. The van der Waals surface area contributed by atoms with Crippen molar-refractivity contribution in [3.63, 3.8) is 0 Å². The Morgan fingerprint density at radius 1 is 1.10 bits per heavy atom. The van der Waals surface area contributed by atoms with Crippen molar-refractivity contribution in [2.24, 2.45) is 0 Å². The average Bonchev–Trinajstić information content (AvgIpc) is 2.47. The molecule has 6 heteroatoms. The lowest BCUT2D eigenvalue weighted by molar-refractivity contribution is 0.600. The summed E-state index contributed by atoms with van der Waals surface area (Å²) < 4.78 is 27.7. The zero-order valence-corrected chi connectivity index (χ0v) is 13.5. The fourth-order valence-electron chi connectivity index (χ4n) is 2.13. The molecule has 4 nitrogen and oxygen atoms in total. The highest BCUT2D eigenvalue weighted by molar-refractivity contribution is 7.92. The van der Waals surface area contributed by atoms with Crippen molar-refractivity contribution in [3.8, 4) is 0 Å². The Balaban J connectivity index is 2.49. The first-order valence-corrected chi connectivity index (χ1v) is 8.59. The molecule has 0 saturated heterocycles. The molecule has 1 N–H and O–H groups in total. The summed E-state index contributed by atoms with van der Waals surface area (Å²) in [5.74, 6) is 0. The summed E-state index contributed by atoms with van der Waals surface area (Å²) in [5, 5.41) is -0.0305. The fourth-order valence-corrected chi connectivity index (χ4v) is 3.73. The van der Waals surface area contributed by atoms with Gasteiger partial charge in [-0.1, -0.05) is 43.6 Å². The van der Waals surface area contributed by atoms with Crippen molar-refractivity contribution >= 4 is 27.3 Å². The number of para-hydroxylation sites is 1. The maximum absolute atomic E-state index is 12.5. The molecule has 0 fully saturated rings. The van der Waals surface area contributed by atoms with E-state index in [1.165, 1.54) is 12.3 Å². The van der Waals surface area contributed by atoms with E-state index in [-0.39, 0.29) is 10.0 Å². The van der Waals surface area contributed by atoms with Gasteiger partial charge in [0.2, 0.25) is 0 Å². The molecular weight excluding hydrogens is 308 g/mol. The molecule has 0 aliphatic heterocycles. The summed E-state index contributed by atoms with van der Waals surface area (Å²) in [6.45, 7) is 3.98. The van der Waals surface area contributed by atoms with E-state index in [0.717, 1.165) is 24.0 Å². The smallest absolute Gasteiger partial charge is 0.264 e. The first kappa shape index (κ1) is 15.8. The van der Waals surface area contributed by atoms with Crippen LogP contribution in [-0.4, -0.2) is 13.4 Å². The van der Waals surface area contributed by atoms with Crippen LogP contribution in [-0.2, 0) is 22.9 Å². The van der Waals surface area contributed by atoms with Gasteiger partial charge in [0.15, 0.2) is 0 Å². The van der Waals surface area contributed by atoms with Crippen LogP contribution in [0, 0.1) is 0 Å². The van der Waals surface area contributed by atoms with Crippen LogP contribution in [0.15, 0.2) is 41.4 Å². The number of aryl methyl sites for hydroxylation is 2. The van der Waals surface area contributed by atoms with Gasteiger partial charge in [-0.2, -0.15) is 0 Å². The summed E-state index contributed by atoms with van der Waals surface area (Å²) in [6, 6.07) is 8.76. The maximum atomic E-state index is 12.5. The summed E-state index contributed by atoms with van der Waals surface area (Å²) in [6.07, 6.45) is 2.94. The Labute approximate surface area is 130 Å². The first-order valence-electron chi connectivity index (χ1n) is 6.73. The molecule has 0 bridgehead atoms. The third kappa shape index (κ3) is 3.36. The molecule has 21 heavy (non-hydrogen) atoms. The van der Waals surface area contributed by atoms with Crippen molar-refractivity contribution in [2.75, 3.05) is 4.72 Å². The lowest BCUT2D eigenvalue weighted by Crippen LogP contribution is -2.16. The normalized spacial score (nSPS) is 11.4. The van der Waals surface area contributed by atoms with E-state index in [2.05, 4.69) is 9.71 Å². The Morgan fingerprint density at radius 3 is 2.24 bits per heavy atom. The van der Waals surface area contributed by atoms with Crippen LogP contribution in [0.3, 0.4) is 0 Å². The predicted octanol–water partition coefficient (Wildman–Crippen LogP) is 3.66. The lowest BCUT2D eigenvalue weighted by Gasteiger charge is -2.16. The van der Waals surface area contributed by atoms with Crippen LogP contribution >= 0.6 is 11.6 Å². The van der Waals surface area contributed by atoms with Crippen molar-refractivity contribution < 1.29 is 8.42 Å². The van der Waals surface area contributed by atoms with Crippen LogP contribution in [0.2, 0.25) is 5.15 Å².